The molecule has 0 radical (unpaired) electrons. The van der Waals surface area contributed by atoms with Crippen molar-refractivity contribution in [2.45, 2.75) is 38.9 Å². The Bertz CT molecular complexity index is 370. The van der Waals surface area contributed by atoms with E-state index in [1.165, 1.54) is 11.3 Å². The molecule has 94 valence electrons. The molecule has 1 atom stereocenters. The molecule has 4 nitrogen and oxygen atoms in total. The van der Waals surface area contributed by atoms with Gasteiger partial charge in [0.2, 0.25) is 0 Å². The molecule has 1 N–H and O–H groups in total. The maximum atomic E-state index is 11.5. The minimum atomic E-state index is -0.825. The summed E-state index contributed by atoms with van der Waals surface area (Å²) in [6, 6.07) is 3.57. The second-order valence-corrected chi connectivity index (χ2v) is 4.97. The minimum absolute atomic E-state index is 0.0479. The number of aliphatic hydroxyl groups excluding tert-OH is 1. The zero-order valence-electron chi connectivity index (χ0n) is 9.88. The molecule has 0 aliphatic heterocycles. The van der Waals surface area contributed by atoms with Crippen molar-refractivity contribution in [3.05, 3.63) is 22.4 Å². The molecule has 1 rings (SSSR count). The zero-order chi connectivity index (χ0) is 12.8. The molecule has 0 saturated carbocycles. The van der Waals surface area contributed by atoms with E-state index in [1.54, 1.807) is 26.0 Å². The molecule has 1 aromatic rings. The van der Waals surface area contributed by atoms with Crippen LogP contribution in [0, 0.1) is 0 Å². The maximum Gasteiger partial charge on any atom is 0.313 e. The van der Waals surface area contributed by atoms with E-state index in [4.69, 9.17) is 4.74 Å². The van der Waals surface area contributed by atoms with Crippen LogP contribution in [0.25, 0.3) is 0 Å². The maximum absolute atomic E-state index is 11.5. The Morgan fingerprint density at radius 1 is 1.47 bits per heavy atom. The summed E-state index contributed by atoms with van der Waals surface area (Å²) in [5, 5.41) is 11.5. The lowest BCUT2D eigenvalue weighted by Crippen LogP contribution is -2.16. The molecular formula is C12H16O4S. The molecule has 0 aliphatic rings. The van der Waals surface area contributed by atoms with Gasteiger partial charge in [-0.25, -0.2) is 0 Å². The molecule has 0 aliphatic carbocycles. The molecule has 1 unspecified atom stereocenters. The lowest BCUT2D eigenvalue weighted by Gasteiger charge is -2.09. The first-order valence-electron chi connectivity index (χ1n) is 5.41. The fourth-order valence-corrected chi connectivity index (χ4v) is 2.05. The van der Waals surface area contributed by atoms with Crippen LogP contribution in [-0.4, -0.2) is 23.0 Å². The van der Waals surface area contributed by atoms with E-state index in [-0.39, 0.29) is 24.7 Å². The summed E-state index contributed by atoms with van der Waals surface area (Å²) in [5.74, 6) is -0.847. The van der Waals surface area contributed by atoms with Crippen LogP contribution in [0.1, 0.15) is 37.7 Å². The Hall–Kier alpha value is -1.20. The van der Waals surface area contributed by atoms with Crippen LogP contribution in [0.5, 0.6) is 0 Å². The highest BCUT2D eigenvalue weighted by molar-refractivity contribution is 7.10. The van der Waals surface area contributed by atoms with Crippen molar-refractivity contribution in [3.8, 4) is 0 Å². The fraction of sp³-hybridized carbons (Fsp3) is 0.500. The topological polar surface area (TPSA) is 63.6 Å². The molecule has 1 aromatic heterocycles. The number of carbonyl (C=O) groups is 2. The highest BCUT2D eigenvalue weighted by Gasteiger charge is 2.17. The number of aliphatic hydroxyl groups is 1. The average molecular weight is 256 g/mol. The summed E-state index contributed by atoms with van der Waals surface area (Å²) in [4.78, 5) is 23.4. The molecule has 0 saturated heterocycles. The van der Waals surface area contributed by atoms with Crippen molar-refractivity contribution in [1.82, 2.24) is 0 Å². The first-order chi connectivity index (χ1) is 7.99. The standard InChI is InChI=1S/C12H16O4S/c1-8(2)16-12(15)7-9(13)6-10(14)11-4-3-5-17-11/h3-5,8,10,14H,6-7H2,1-2H3. The lowest BCUT2D eigenvalue weighted by molar-refractivity contribution is -0.149. The number of thiophene rings is 1. The Morgan fingerprint density at radius 3 is 2.71 bits per heavy atom. The number of carbonyl (C=O) groups excluding carboxylic acids is 2. The van der Waals surface area contributed by atoms with Crippen molar-refractivity contribution >= 4 is 23.1 Å². The van der Waals surface area contributed by atoms with Gasteiger partial charge in [-0.05, 0) is 25.3 Å². The predicted octanol–water partition coefficient (Wildman–Crippen LogP) is 2.08. The van der Waals surface area contributed by atoms with Gasteiger partial charge in [-0.1, -0.05) is 6.07 Å². The fourth-order valence-electron chi connectivity index (χ4n) is 1.33. The van der Waals surface area contributed by atoms with Crippen molar-refractivity contribution in [2.75, 3.05) is 0 Å². The number of ether oxygens (including phenoxy) is 1. The first kappa shape index (κ1) is 13.9. The number of hydrogen-bond acceptors (Lipinski definition) is 5. The zero-order valence-corrected chi connectivity index (χ0v) is 10.7. The predicted molar refractivity (Wildman–Crippen MR) is 64.7 cm³/mol. The van der Waals surface area contributed by atoms with Crippen LogP contribution >= 0.6 is 11.3 Å². The number of hydrogen-bond donors (Lipinski definition) is 1. The summed E-state index contributed by atoms with van der Waals surface area (Å²) < 4.78 is 4.85. The Labute approximate surface area is 104 Å². The van der Waals surface area contributed by atoms with E-state index in [2.05, 4.69) is 0 Å². The van der Waals surface area contributed by atoms with Crippen LogP contribution in [-0.2, 0) is 14.3 Å². The normalized spacial score (nSPS) is 12.5. The van der Waals surface area contributed by atoms with E-state index in [0.717, 1.165) is 4.88 Å². The van der Waals surface area contributed by atoms with Gasteiger partial charge >= 0.3 is 5.97 Å². The van der Waals surface area contributed by atoms with Gasteiger partial charge in [-0.15, -0.1) is 11.3 Å². The highest BCUT2D eigenvalue weighted by Crippen LogP contribution is 2.22. The number of rotatable bonds is 6. The monoisotopic (exact) mass is 256 g/mol. The molecule has 1 heterocycles. The van der Waals surface area contributed by atoms with Crippen molar-refractivity contribution in [2.24, 2.45) is 0 Å². The van der Waals surface area contributed by atoms with Crippen LogP contribution in [0.2, 0.25) is 0 Å². The van der Waals surface area contributed by atoms with Gasteiger partial charge in [-0.3, -0.25) is 9.59 Å². The average Bonchev–Trinajstić information content (AvgIpc) is 2.67. The van der Waals surface area contributed by atoms with Crippen molar-refractivity contribution in [1.29, 1.82) is 0 Å². The smallest absolute Gasteiger partial charge is 0.313 e. The van der Waals surface area contributed by atoms with Gasteiger partial charge in [0.05, 0.1) is 12.2 Å². The third-order valence-corrected chi connectivity index (χ3v) is 2.97. The van der Waals surface area contributed by atoms with E-state index >= 15 is 0 Å². The van der Waals surface area contributed by atoms with Crippen LogP contribution < -0.4 is 0 Å². The van der Waals surface area contributed by atoms with Crippen LogP contribution in [0.4, 0.5) is 0 Å². The van der Waals surface area contributed by atoms with Gasteiger partial charge in [0.15, 0.2) is 0 Å². The summed E-state index contributed by atoms with van der Waals surface area (Å²) in [7, 11) is 0. The largest absolute Gasteiger partial charge is 0.463 e. The number of esters is 1. The molecule has 0 aromatic carbocycles. The third-order valence-electron chi connectivity index (χ3n) is 2.00. The van der Waals surface area contributed by atoms with E-state index in [0.29, 0.717) is 0 Å². The highest BCUT2D eigenvalue weighted by atomic mass is 32.1. The lowest BCUT2D eigenvalue weighted by atomic mass is 10.1. The molecule has 5 heteroatoms. The molecule has 17 heavy (non-hydrogen) atoms. The van der Waals surface area contributed by atoms with Crippen LogP contribution in [0.15, 0.2) is 17.5 Å². The van der Waals surface area contributed by atoms with E-state index in [9.17, 15) is 14.7 Å². The Morgan fingerprint density at radius 2 is 2.18 bits per heavy atom. The van der Waals surface area contributed by atoms with Crippen LogP contribution in [0.3, 0.4) is 0 Å². The second-order valence-electron chi connectivity index (χ2n) is 3.99. The SMILES string of the molecule is CC(C)OC(=O)CC(=O)CC(O)c1cccs1. The molecule has 0 amide bonds. The molecule has 0 fully saturated rings. The second kappa shape index (κ2) is 6.51. The summed E-state index contributed by atoms with van der Waals surface area (Å²) in [6.45, 7) is 3.45. The third kappa shape index (κ3) is 5.10. The van der Waals surface area contributed by atoms with Gasteiger partial charge in [-0.2, -0.15) is 0 Å². The molecular weight excluding hydrogens is 240 g/mol. The Balaban J connectivity index is 2.37. The van der Waals surface area contributed by atoms with Gasteiger partial charge in [0.25, 0.3) is 0 Å². The quantitative estimate of drug-likeness (QED) is 0.625. The Kier molecular flexibility index (Phi) is 5.31. The molecule has 0 spiro atoms. The minimum Gasteiger partial charge on any atom is -0.463 e. The number of ketones is 1. The van der Waals surface area contributed by atoms with E-state index in [1.807, 2.05) is 5.38 Å². The summed E-state index contributed by atoms with van der Waals surface area (Å²) in [5.41, 5.74) is 0. The number of Topliss-reactive ketones (excluding diaryl/α,β-unsaturated/α-hetero) is 1. The molecule has 0 bridgehead atoms. The van der Waals surface area contributed by atoms with Gasteiger partial charge in [0.1, 0.15) is 12.2 Å². The first-order valence-corrected chi connectivity index (χ1v) is 6.29. The van der Waals surface area contributed by atoms with Gasteiger partial charge in [0, 0.05) is 11.3 Å². The summed E-state index contributed by atoms with van der Waals surface area (Å²) in [6.07, 6.45) is -1.37. The summed E-state index contributed by atoms with van der Waals surface area (Å²) >= 11 is 1.38. The van der Waals surface area contributed by atoms with E-state index < -0.39 is 12.1 Å². The van der Waals surface area contributed by atoms with Crippen molar-refractivity contribution < 1.29 is 19.4 Å². The van der Waals surface area contributed by atoms with Gasteiger partial charge < -0.3 is 9.84 Å². The van der Waals surface area contributed by atoms with Crippen molar-refractivity contribution in [3.63, 3.8) is 0 Å².